The maximum atomic E-state index is 6.41. The van der Waals surface area contributed by atoms with Crippen LogP contribution >= 0.6 is 0 Å². The molecular weight excluding hydrogens is 679 g/mol. The van der Waals surface area contributed by atoms with E-state index in [-0.39, 0.29) is 10.8 Å². The first-order valence-electron chi connectivity index (χ1n) is 19.4. The SMILES string of the molecule is C#C/C(=C\C=C(/C)N(c1ccc(-c2cccnc2)cc1)c1ccc2c(c1)C(C)(C)c1ccccc1-2)C1(C)C=Cc2c(c3ccccc3n2C(/C=C\C)=C/C=C)C1. The number of aromatic nitrogens is 2. The number of hydrogen-bond acceptors (Lipinski definition) is 2. The first kappa shape index (κ1) is 36.4. The van der Waals surface area contributed by atoms with Crippen LogP contribution in [0.25, 0.3) is 44.9 Å². The van der Waals surface area contributed by atoms with Gasteiger partial charge in [-0.25, -0.2) is 0 Å². The minimum Gasteiger partial charge on any atom is -0.315 e. The normalized spacial score (nSPS) is 17.4. The summed E-state index contributed by atoms with van der Waals surface area (Å²) in [5, 5.41) is 1.24. The third-order valence-electron chi connectivity index (χ3n) is 11.6. The summed E-state index contributed by atoms with van der Waals surface area (Å²) in [6, 6.07) is 37.2. The van der Waals surface area contributed by atoms with Crippen molar-refractivity contribution in [2.24, 2.45) is 5.41 Å². The smallest absolute Gasteiger partial charge is 0.0537 e. The molecule has 56 heavy (non-hydrogen) atoms. The van der Waals surface area contributed by atoms with E-state index in [0.717, 1.165) is 45.9 Å². The highest BCUT2D eigenvalue weighted by Gasteiger charge is 2.36. The van der Waals surface area contributed by atoms with Gasteiger partial charge in [-0.2, -0.15) is 0 Å². The number of fused-ring (bicyclic) bond motifs is 6. The summed E-state index contributed by atoms with van der Waals surface area (Å²) in [6.07, 6.45) is 27.9. The minimum atomic E-state index is -0.379. The fourth-order valence-corrected chi connectivity index (χ4v) is 8.74. The molecule has 8 rings (SSSR count). The number of anilines is 2. The largest absolute Gasteiger partial charge is 0.315 e. The average Bonchev–Trinajstić information content (AvgIpc) is 3.66. The number of benzene rings is 4. The molecule has 4 aromatic carbocycles. The molecule has 2 aliphatic carbocycles. The summed E-state index contributed by atoms with van der Waals surface area (Å²) < 4.78 is 2.33. The topological polar surface area (TPSA) is 21.1 Å². The molecule has 1 unspecified atom stereocenters. The van der Waals surface area contributed by atoms with E-state index in [2.05, 4.69) is 194 Å². The number of pyridine rings is 1. The van der Waals surface area contributed by atoms with Crippen molar-refractivity contribution < 1.29 is 0 Å². The van der Waals surface area contributed by atoms with Crippen molar-refractivity contribution in [1.29, 1.82) is 0 Å². The highest BCUT2D eigenvalue weighted by atomic mass is 15.1. The molecule has 1 atom stereocenters. The second-order valence-corrected chi connectivity index (χ2v) is 15.5. The second-order valence-electron chi connectivity index (χ2n) is 15.5. The van der Waals surface area contributed by atoms with Gasteiger partial charge in [-0.3, -0.25) is 4.98 Å². The molecule has 0 N–H and O–H groups in total. The first-order valence-corrected chi connectivity index (χ1v) is 19.4. The Labute approximate surface area is 332 Å². The van der Waals surface area contributed by atoms with Crippen LogP contribution in [0, 0.1) is 17.8 Å². The number of allylic oxidation sites excluding steroid dienone is 10. The van der Waals surface area contributed by atoms with Gasteiger partial charge < -0.3 is 9.47 Å². The zero-order valence-electron chi connectivity index (χ0n) is 32.9. The lowest BCUT2D eigenvalue weighted by atomic mass is 9.73. The molecule has 0 fully saturated rings. The van der Waals surface area contributed by atoms with Crippen LogP contribution in [0.15, 0.2) is 176 Å². The van der Waals surface area contributed by atoms with Crippen LogP contribution in [0.4, 0.5) is 11.4 Å². The number of rotatable bonds is 9. The summed E-state index contributed by atoms with van der Waals surface area (Å²) in [4.78, 5) is 6.69. The van der Waals surface area contributed by atoms with Crippen molar-refractivity contribution in [3.63, 3.8) is 0 Å². The maximum Gasteiger partial charge on any atom is 0.0537 e. The van der Waals surface area contributed by atoms with E-state index in [0.29, 0.717) is 0 Å². The van der Waals surface area contributed by atoms with Gasteiger partial charge in [-0.05, 0) is 126 Å². The van der Waals surface area contributed by atoms with E-state index in [1.807, 2.05) is 31.5 Å². The van der Waals surface area contributed by atoms with E-state index in [4.69, 9.17) is 6.42 Å². The predicted octanol–water partition coefficient (Wildman–Crippen LogP) is 13.5. The van der Waals surface area contributed by atoms with Crippen LogP contribution in [-0.2, 0) is 11.8 Å². The van der Waals surface area contributed by atoms with Crippen LogP contribution in [-0.4, -0.2) is 9.55 Å². The maximum absolute atomic E-state index is 6.41. The Bertz CT molecular complexity index is 2690. The molecule has 0 spiro atoms. The summed E-state index contributed by atoms with van der Waals surface area (Å²) in [6.45, 7) is 15.1. The summed E-state index contributed by atoms with van der Waals surface area (Å²) in [7, 11) is 0. The van der Waals surface area contributed by atoms with Crippen molar-refractivity contribution in [1.82, 2.24) is 9.55 Å². The Morgan fingerprint density at radius 1 is 0.839 bits per heavy atom. The van der Waals surface area contributed by atoms with Crippen molar-refractivity contribution >= 4 is 34.1 Å². The monoisotopic (exact) mass is 725 g/mol. The van der Waals surface area contributed by atoms with Crippen LogP contribution in [0.5, 0.6) is 0 Å². The van der Waals surface area contributed by atoms with Crippen molar-refractivity contribution in [2.75, 3.05) is 4.90 Å². The average molecular weight is 726 g/mol. The Morgan fingerprint density at radius 2 is 1.59 bits per heavy atom. The number of terminal acetylenes is 1. The van der Waals surface area contributed by atoms with Gasteiger partial charge in [0, 0.05) is 62.6 Å². The molecule has 0 saturated heterocycles. The highest BCUT2D eigenvalue weighted by Crippen LogP contribution is 2.50. The van der Waals surface area contributed by atoms with E-state index in [1.54, 1.807) is 0 Å². The van der Waals surface area contributed by atoms with E-state index >= 15 is 0 Å². The van der Waals surface area contributed by atoms with Gasteiger partial charge in [0.15, 0.2) is 0 Å². The lowest BCUT2D eigenvalue weighted by Crippen LogP contribution is -2.22. The number of nitrogens with zero attached hydrogens (tertiary/aromatic N) is 3. The van der Waals surface area contributed by atoms with Gasteiger partial charge in [0.05, 0.1) is 5.52 Å². The van der Waals surface area contributed by atoms with Crippen LogP contribution in [0.3, 0.4) is 0 Å². The standard InChI is InChI=1S/C53H47N3/c1-8-16-41(17-9-2)56-50-22-14-12-20-46(50)47-35-53(7,32-31-51(47)56)40(10-3)26-23-37(4)55(42-27-24-38(25-28-42)39-18-15-33-54-36-39)43-29-30-45-44-19-11-13-21-48(44)52(5,6)49(45)34-43/h3,8-9,11-34,36H,1,35H2,2,4-7H3/b17-9-,37-23+,40-26+,41-16+. The van der Waals surface area contributed by atoms with Gasteiger partial charge in [-0.1, -0.05) is 118 Å². The van der Waals surface area contributed by atoms with Crippen LogP contribution in [0.1, 0.15) is 57.0 Å². The Morgan fingerprint density at radius 3 is 2.34 bits per heavy atom. The quantitative estimate of drug-likeness (QED) is 0.109. The summed E-state index contributed by atoms with van der Waals surface area (Å²) in [5.74, 6) is 3.11. The van der Waals surface area contributed by atoms with Crippen molar-refractivity contribution in [2.45, 2.75) is 46.5 Å². The molecule has 3 nitrogen and oxygen atoms in total. The number of hydrogen-bond donors (Lipinski definition) is 0. The molecule has 0 aliphatic heterocycles. The minimum absolute atomic E-state index is 0.120. The van der Waals surface area contributed by atoms with Gasteiger partial charge in [0.25, 0.3) is 0 Å². The Balaban J connectivity index is 1.20. The zero-order chi connectivity index (χ0) is 39.0. The lowest BCUT2D eigenvalue weighted by molar-refractivity contribution is 0.524. The van der Waals surface area contributed by atoms with Gasteiger partial charge in [-0.15, -0.1) is 6.42 Å². The van der Waals surface area contributed by atoms with E-state index in [1.165, 1.54) is 44.4 Å². The molecule has 2 heterocycles. The predicted molar refractivity (Wildman–Crippen MR) is 239 cm³/mol. The van der Waals surface area contributed by atoms with E-state index in [9.17, 15) is 0 Å². The highest BCUT2D eigenvalue weighted by molar-refractivity contribution is 5.93. The lowest BCUT2D eigenvalue weighted by Gasteiger charge is -2.31. The molecule has 274 valence electrons. The molecule has 0 radical (unpaired) electrons. The third-order valence-corrected chi connectivity index (χ3v) is 11.6. The van der Waals surface area contributed by atoms with Gasteiger partial charge in [0.2, 0.25) is 0 Å². The third kappa shape index (κ3) is 6.18. The first-order chi connectivity index (χ1) is 27.2. The molecular formula is C53H47N3. The Kier molecular flexibility index (Phi) is 9.44. The molecule has 6 aromatic rings. The van der Waals surface area contributed by atoms with E-state index < -0.39 is 0 Å². The molecule has 0 saturated carbocycles. The second kappa shape index (κ2) is 14.5. The fraction of sp³-hybridized carbons (Fsp3) is 0.151. The van der Waals surface area contributed by atoms with Gasteiger partial charge >= 0.3 is 0 Å². The fourth-order valence-electron chi connectivity index (χ4n) is 8.74. The zero-order valence-corrected chi connectivity index (χ0v) is 32.9. The summed E-state index contributed by atoms with van der Waals surface area (Å²) in [5.41, 5.74) is 15.9. The molecule has 2 aliphatic rings. The molecule has 0 bridgehead atoms. The molecule has 2 aromatic heterocycles. The summed E-state index contributed by atoms with van der Waals surface area (Å²) >= 11 is 0. The molecule has 3 heteroatoms. The van der Waals surface area contributed by atoms with Crippen molar-refractivity contribution in [3.05, 3.63) is 198 Å². The van der Waals surface area contributed by atoms with Crippen LogP contribution in [0.2, 0.25) is 0 Å². The Hall–Kier alpha value is -6.63. The van der Waals surface area contributed by atoms with Crippen molar-refractivity contribution in [3.8, 4) is 34.6 Å². The van der Waals surface area contributed by atoms with Crippen LogP contribution < -0.4 is 4.90 Å². The molecule has 0 amide bonds. The van der Waals surface area contributed by atoms with Gasteiger partial charge in [0.1, 0.15) is 0 Å². The number of para-hydroxylation sites is 1.